The highest BCUT2D eigenvalue weighted by molar-refractivity contribution is 7.89. The first-order valence-corrected chi connectivity index (χ1v) is 10.7. The maximum atomic E-state index is 12.4. The molecule has 1 atom stereocenters. The van der Waals surface area contributed by atoms with Crippen LogP contribution < -0.4 is 15.8 Å². The van der Waals surface area contributed by atoms with Crippen molar-refractivity contribution in [1.82, 2.24) is 5.32 Å². The molecule has 0 heterocycles. The van der Waals surface area contributed by atoms with Crippen LogP contribution in [-0.4, -0.2) is 14.3 Å². The molecule has 3 aromatic carbocycles. The van der Waals surface area contributed by atoms with Crippen LogP contribution in [0, 0.1) is 0 Å². The highest BCUT2D eigenvalue weighted by Gasteiger charge is 2.11. The van der Waals surface area contributed by atoms with Gasteiger partial charge in [-0.25, -0.2) is 13.6 Å². The topological polar surface area (TPSA) is 101 Å². The number of primary sulfonamides is 1. The number of nitrogens with one attached hydrogen (secondary N) is 2. The van der Waals surface area contributed by atoms with Gasteiger partial charge in [-0.2, -0.15) is 0 Å². The number of para-hydroxylation sites is 1. The number of carbonyl (C=O) groups is 1. The van der Waals surface area contributed by atoms with Crippen molar-refractivity contribution in [2.24, 2.45) is 5.14 Å². The lowest BCUT2D eigenvalue weighted by atomic mass is 10.1. The zero-order valence-corrected chi connectivity index (χ0v) is 16.8. The van der Waals surface area contributed by atoms with Crippen LogP contribution in [0.2, 0.25) is 0 Å². The summed E-state index contributed by atoms with van der Waals surface area (Å²) in [6, 6.07) is 23.2. The van der Waals surface area contributed by atoms with Crippen LogP contribution in [0.15, 0.2) is 83.8 Å². The molecule has 29 heavy (non-hydrogen) atoms. The fraction of sp³-hybridized carbons (Fsp3) is 0.136. The van der Waals surface area contributed by atoms with E-state index in [-0.39, 0.29) is 16.8 Å². The molecule has 0 aliphatic carbocycles. The smallest absolute Gasteiger partial charge is 0.255 e. The zero-order chi connectivity index (χ0) is 20.9. The number of rotatable bonds is 7. The molecule has 4 N–H and O–H groups in total. The van der Waals surface area contributed by atoms with Gasteiger partial charge >= 0.3 is 0 Å². The Morgan fingerprint density at radius 2 is 1.66 bits per heavy atom. The average molecular weight is 410 g/mol. The van der Waals surface area contributed by atoms with Crippen molar-refractivity contribution < 1.29 is 13.2 Å². The minimum absolute atomic E-state index is 0.00803. The molecule has 0 aromatic heterocycles. The van der Waals surface area contributed by atoms with Crippen molar-refractivity contribution in [2.45, 2.75) is 24.4 Å². The number of amides is 1. The van der Waals surface area contributed by atoms with Gasteiger partial charge in [0.15, 0.2) is 0 Å². The standard InChI is InChI=1S/C22H23N3O3S/c1-16(18-10-12-21(13-11-18)29(23,27)28)24-15-17-6-5-7-19(14-17)22(26)25-20-8-3-2-4-9-20/h2-14,16,24H,15H2,1H3,(H,25,26)(H2,23,27,28)/t16-/m0/s1. The first kappa shape index (κ1) is 20.7. The second kappa shape index (κ2) is 9.00. The molecular formula is C22H23N3O3S. The van der Waals surface area contributed by atoms with E-state index in [1.807, 2.05) is 55.5 Å². The Balaban J connectivity index is 1.62. The summed E-state index contributed by atoms with van der Waals surface area (Å²) in [7, 11) is -3.69. The van der Waals surface area contributed by atoms with Gasteiger partial charge in [-0.1, -0.05) is 42.5 Å². The van der Waals surface area contributed by atoms with Gasteiger partial charge in [-0.15, -0.1) is 0 Å². The van der Waals surface area contributed by atoms with E-state index in [1.54, 1.807) is 18.2 Å². The molecule has 0 radical (unpaired) electrons. The van der Waals surface area contributed by atoms with Crippen molar-refractivity contribution in [3.05, 3.63) is 95.6 Å². The Kier molecular flexibility index (Phi) is 6.43. The predicted molar refractivity (Wildman–Crippen MR) is 114 cm³/mol. The highest BCUT2D eigenvalue weighted by atomic mass is 32.2. The second-order valence-electron chi connectivity index (χ2n) is 6.74. The van der Waals surface area contributed by atoms with E-state index in [0.29, 0.717) is 12.1 Å². The van der Waals surface area contributed by atoms with E-state index < -0.39 is 10.0 Å². The zero-order valence-electron chi connectivity index (χ0n) is 16.0. The molecule has 3 rings (SSSR count). The second-order valence-corrected chi connectivity index (χ2v) is 8.30. The van der Waals surface area contributed by atoms with Crippen molar-refractivity contribution in [3.8, 4) is 0 Å². The number of carbonyl (C=O) groups excluding carboxylic acids is 1. The van der Waals surface area contributed by atoms with E-state index in [9.17, 15) is 13.2 Å². The minimum atomic E-state index is -3.69. The molecule has 7 heteroatoms. The molecule has 150 valence electrons. The SMILES string of the molecule is C[C@H](NCc1cccc(C(=O)Nc2ccccc2)c1)c1ccc(S(N)(=O)=O)cc1. The Morgan fingerprint density at radius 3 is 2.31 bits per heavy atom. The lowest BCUT2D eigenvalue weighted by Gasteiger charge is -2.15. The summed E-state index contributed by atoms with van der Waals surface area (Å²) in [4.78, 5) is 12.5. The van der Waals surface area contributed by atoms with Gasteiger partial charge in [-0.05, 0) is 54.4 Å². The molecule has 0 fully saturated rings. The molecule has 0 saturated carbocycles. The summed E-state index contributed by atoms with van der Waals surface area (Å²) in [5.74, 6) is -0.162. The van der Waals surface area contributed by atoms with Crippen LogP contribution in [0.25, 0.3) is 0 Å². The van der Waals surface area contributed by atoms with Crippen molar-refractivity contribution in [2.75, 3.05) is 5.32 Å². The third-order valence-electron chi connectivity index (χ3n) is 4.54. The summed E-state index contributed by atoms with van der Waals surface area (Å²) < 4.78 is 22.7. The monoisotopic (exact) mass is 409 g/mol. The lowest BCUT2D eigenvalue weighted by molar-refractivity contribution is 0.102. The fourth-order valence-electron chi connectivity index (χ4n) is 2.88. The van der Waals surface area contributed by atoms with Crippen LogP contribution >= 0.6 is 0 Å². The van der Waals surface area contributed by atoms with E-state index in [0.717, 1.165) is 16.8 Å². The van der Waals surface area contributed by atoms with Crippen molar-refractivity contribution >= 4 is 21.6 Å². The maximum absolute atomic E-state index is 12.4. The number of anilines is 1. The van der Waals surface area contributed by atoms with E-state index in [4.69, 9.17) is 5.14 Å². The van der Waals surface area contributed by atoms with Gasteiger partial charge in [0.05, 0.1) is 4.90 Å². The minimum Gasteiger partial charge on any atom is -0.322 e. The van der Waals surface area contributed by atoms with Gasteiger partial charge in [0.2, 0.25) is 10.0 Å². The van der Waals surface area contributed by atoms with Crippen LogP contribution in [0.1, 0.15) is 34.5 Å². The highest BCUT2D eigenvalue weighted by Crippen LogP contribution is 2.17. The molecule has 0 aliphatic rings. The van der Waals surface area contributed by atoms with Gasteiger partial charge in [0.25, 0.3) is 5.91 Å². The normalized spacial score (nSPS) is 12.3. The molecule has 6 nitrogen and oxygen atoms in total. The number of nitrogens with two attached hydrogens (primary N) is 1. The molecule has 0 aliphatic heterocycles. The quantitative estimate of drug-likeness (QED) is 0.556. The van der Waals surface area contributed by atoms with E-state index in [1.165, 1.54) is 12.1 Å². The molecule has 3 aromatic rings. The number of sulfonamides is 1. The Labute approximate surface area is 170 Å². The van der Waals surface area contributed by atoms with Gasteiger partial charge < -0.3 is 10.6 Å². The van der Waals surface area contributed by atoms with Gasteiger partial charge in [-0.3, -0.25) is 4.79 Å². The molecule has 1 amide bonds. The van der Waals surface area contributed by atoms with E-state index in [2.05, 4.69) is 10.6 Å². The molecule has 0 bridgehead atoms. The summed E-state index contributed by atoms with van der Waals surface area (Å²) >= 11 is 0. The van der Waals surface area contributed by atoms with Crippen molar-refractivity contribution in [3.63, 3.8) is 0 Å². The third kappa shape index (κ3) is 5.74. The fourth-order valence-corrected chi connectivity index (χ4v) is 3.40. The summed E-state index contributed by atoms with van der Waals surface area (Å²) in [6.07, 6.45) is 0. The Hall–Kier alpha value is -3.00. The van der Waals surface area contributed by atoms with Crippen LogP contribution in [0.5, 0.6) is 0 Å². The van der Waals surface area contributed by atoms with Gasteiger partial charge in [0.1, 0.15) is 0 Å². The first-order chi connectivity index (χ1) is 13.8. The maximum Gasteiger partial charge on any atom is 0.255 e. The third-order valence-corrected chi connectivity index (χ3v) is 5.47. The van der Waals surface area contributed by atoms with Gasteiger partial charge in [0, 0.05) is 23.8 Å². The molecular weight excluding hydrogens is 386 g/mol. The molecule has 0 spiro atoms. The van der Waals surface area contributed by atoms with Crippen LogP contribution in [-0.2, 0) is 16.6 Å². The van der Waals surface area contributed by atoms with Crippen molar-refractivity contribution in [1.29, 1.82) is 0 Å². The van der Waals surface area contributed by atoms with Crippen LogP contribution in [0.4, 0.5) is 5.69 Å². The van der Waals surface area contributed by atoms with E-state index >= 15 is 0 Å². The Bertz CT molecular complexity index is 1080. The number of benzene rings is 3. The summed E-state index contributed by atoms with van der Waals surface area (Å²) in [6.45, 7) is 2.54. The molecule has 0 saturated heterocycles. The lowest BCUT2D eigenvalue weighted by Crippen LogP contribution is -2.19. The number of hydrogen-bond donors (Lipinski definition) is 3. The largest absolute Gasteiger partial charge is 0.322 e. The predicted octanol–water partition coefficient (Wildman–Crippen LogP) is 3.44. The first-order valence-electron chi connectivity index (χ1n) is 9.14. The molecule has 0 unspecified atom stereocenters. The van der Waals surface area contributed by atoms with Crippen LogP contribution in [0.3, 0.4) is 0 Å². The summed E-state index contributed by atoms with van der Waals surface area (Å²) in [5.41, 5.74) is 3.24. The number of hydrogen-bond acceptors (Lipinski definition) is 4. The Morgan fingerprint density at radius 1 is 0.966 bits per heavy atom. The summed E-state index contributed by atoms with van der Waals surface area (Å²) in [5, 5.41) is 11.4. The average Bonchev–Trinajstić information content (AvgIpc) is 2.72.